The number of benzene rings is 2. The van der Waals surface area contributed by atoms with Crippen molar-refractivity contribution in [3.63, 3.8) is 0 Å². The van der Waals surface area contributed by atoms with Crippen LogP contribution in [0.4, 0.5) is 14.2 Å². The van der Waals surface area contributed by atoms with Crippen molar-refractivity contribution in [3.05, 3.63) is 93.0 Å². The van der Waals surface area contributed by atoms with E-state index in [2.05, 4.69) is 5.32 Å². The number of nitrogens with zero attached hydrogens (tertiary/aromatic N) is 2. The molecule has 0 bridgehead atoms. The van der Waals surface area contributed by atoms with E-state index < -0.39 is 5.60 Å². The first kappa shape index (κ1) is 26.6. The molecule has 2 aromatic heterocycles. The molecule has 0 aliphatic carbocycles. The van der Waals surface area contributed by atoms with Crippen LogP contribution in [0.2, 0.25) is 0 Å². The summed E-state index contributed by atoms with van der Waals surface area (Å²) in [6.07, 6.45) is -0.386. The summed E-state index contributed by atoms with van der Waals surface area (Å²) in [6.45, 7) is 9.88. The molecule has 3 heterocycles. The largest absolute Gasteiger partial charge is 0.444 e. The van der Waals surface area contributed by atoms with Gasteiger partial charge in [-0.05, 0) is 76.6 Å². The Morgan fingerprint density at radius 1 is 1.03 bits per heavy atom. The van der Waals surface area contributed by atoms with Gasteiger partial charge in [0.1, 0.15) is 21.2 Å². The van der Waals surface area contributed by atoms with Crippen molar-refractivity contribution in [3.8, 4) is 5.69 Å². The summed E-state index contributed by atoms with van der Waals surface area (Å²) < 4.78 is 21.0. The number of hydrogen-bond acceptors (Lipinski definition) is 6. The molecule has 1 aliphatic rings. The molecule has 1 aliphatic heterocycles. The minimum atomic E-state index is -0.590. The second-order valence-corrected chi connectivity index (χ2v) is 11.9. The highest BCUT2D eigenvalue weighted by Gasteiger charge is 2.35. The number of aryl methyl sites for hydroxylation is 2. The average molecular weight is 548 g/mol. The molecule has 0 spiro atoms. The molecule has 39 heavy (non-hydrogen) atoms. The van der Waals surface area contributed by atoms with Crippen LogP contribution in [0.25, 0.3) is 15.9 Å². The maximum Gasteiger partial charge on any atom is 0.410 e. The van der Waals surface area contributed by atoms with Crippen LogP contribution >= 0.6 is 11.3 Å². The van der Waals surface area contributed by atoms with Crippen LogP contribution in [0.3, 0.4) is 0 Å². The first-order chi connectivity index (χ1) is 18.4. The first-order valence-corrected chi connectivity index (χ1v) is 13.5. The lowest BCUT2D eigenvalue weighted by Crippen LogP contribution is -2.57. The van der Waals surface area contributed by atoms with Crippen molar-refractivity contribution in [1.29, 1.82) is 0 Å². The third-order valence-corrected chi connectivity index (χ3v) is 7.67. The number of nitrogens with one attached hydrogen (secondary N) is 1. The highest BCUT2D eigenvalue weighted by atomic mass is 32.1. The molecule has 4 aromatic rings. The number of anilines is 1. The average Bonchev–Trinajstić information content (AvgIpc) is 3.19. The van der Waals surface area contributed by atoms with Crippen LogP contribution in [0.15, 0.2) is 59.4 Å². The standard InChI is InChI=1S/C30H30FN3O4S/c1-17-6-9-21(10-7-17)34-24(35)13-11-22-25(26(36)19-8-12-23(31)18(2)14-19)27(39-28(22)34)32-20-15-33(16-20)29(37)38-30(3,4)5/h6-14,20,32H,15-16H2,1-5H3. The molecule has 0 saturated carbocycles. The summed E-state index contributed by atoms with van der Waals surface area (Å²) in [5.74, 6) is -0.658. The predicted octanol–water partition coefficient (Wildman–Crippen LogP) is 6.07. The number of likely N-dealkylation sites (tertiary alicyclic amines) is 1. The molecule has 1 fully saturated rings. The number of rotatable bonds is 5. The summed E-state index contributed by atoms with van der Waals surface area (Å²) in [6, 6.07) is 14.9. The SMILES string of the molecule is Cc1ccc(-n2c(=O)ccc3c(C(=O)c4ccc(F)c(C)c4)c(NC4CN(C(=O)OC(C)(C)C)C4)sc32)cc1. The maximum absolute atomic E-state index is 14.0. The van der Waals surface area contributed by atoms with Crippen LogP contribution in [-0.2, 0) is 4.74 Å². The quantitative estimate of drug-likeness (QED) is 0.307. The second kappa shape index (κ2) is 9.96. The number of carbonyl (C=O) groups excluding carboxylic acids is 2. The molecule has 1 N–H and O–H groups in total. The van der Waals surface area contributed by atoms with E-state index >= 15 is 0 Å². The number of ketones is 1. The monoisotopic (exact) mass is 547 g/mol. The van der Waals surface area contributed by atoms with Gasteiger partial charge in [-0.25, -0.2) is 9.18 Å². The van der Waals surface area contributed by atoms with E-state index in [0.29, 0.717) is 50.7 Å². The van der Waals surface area contributed by atoms with Gasteiger partial charge in [-0.1, -0.05) is 29.0 Å². The summed E-state index contributed by atoms with van der Waals surface area (Å²) in [5.41, 5.74) is 2.10. The van der Waals surface area contributed by atoms with Crippen LogP contribution in [-0.4, -0.2) is 46.1 Å². The molecule has 0 unspecified atom stereocenters. The van der Waals surface area contributed by atoms with E-state index in [9.17, 15) is 18.8 Å². The summed E-state index contributed by atoms with van der Waals surface area (Å²) in [7, 11) is 0. The summed E-state index contributed by atoms with van der Waals surface area (Å²) in [5, 5.41) is 4.64. The first-order valence-electron chi connectivity index (χ1n) is 12.7. The molecular weight excluding hydrogens is 517 g/mol. The smallest absolute Gasteiger partial charge is 0.410 e. The Bertz CT molecular complexity index is 1640. The van der Waals surface area contributed by atoms with Crippen molar-refractivity contribution in [2.45, 2.75) is 46.3 Å². The molecule has 7 nitrogen and oxygen atoms in total. The van der Waals surface area contributed by atoms with E-state index in [0.717, 1.165) is 5.56 Å². The number of amides is 1. The number of thiophene rings is 1. The Morgan fingerprint density at radius 3 is 2.36 bits per heavy atom. The van der Waals surface area contributed by atoms with E-state index in [-0.39, 0.29) is 29.3 Å². The third kappa shape index (κ3) is 5.31. The molecule has 5 rings (SSSR count). The Hall–Kier alpha value is -3.98. The minimum absolute atomic E-state index is 0.105. The highest BCUT2D eigenvalue weighted by molar-refractivity contribution is 7.23. The van der Waals surface area contributed by atoms with Crippen molar-refractivity contribution in [1.82, 2.24) is 9.47 Å². The number of pyridine rings is 1. The van der Waals surface area contributed by atoms with Gasteiger partial charge in [0, 0.05) is 30.1 Å². The zero-order chi connectivity index (χ0) is 28.1. The molecule has 2 aromatic carbocycles. The zero-order valence-corrected chi connectivity index (χ0v) is 23.3. The Kier molecular flexibility index (Phi) is 6.80. The molecule has 1 saturated heterocycles. The number of aromatic nitrogens is 1. The van der Waals surface area contributed by atoms with Gasteiger partial charge < -0.3 is 15.0 Å². The molecule has 202 valence electrons. The van der Waals surface area contributed by atoms with Gasteiger partial charge in [0.15, 0.2) is 5.78 Å². The Morgan fingerprint density at radius 2 is 1.72 bits per heavy atom. The van der Waals surface area contributed by atoms with Gasteiger partial charge >= 0.3 is 6.09 Å². The van der Waals surface area contributed by atoms with Gasteiger partial charge in [0.2, 0.25) is 0 Å². The highest BCUT2D eigenvalue weighted by Crippen LogP contribution is 2.39. The molecular formula is C30H30FN3O4S. The number of ether oxygens (including phenoxy) is 1. The minimum Gasteiger partial charge on any atom is -0.444 e. The lowest BCUT2D eigenvalue weighted by molar-refractivity contribution is 0.0105. The Balaban J connectivity index is 1.56. The van der Waals surface area contributed by atoms with Crippen molar-refractivity contribution < 1.29 is 18.7 Å². The molecule has 9 heteroatoms. The lowest BCUT2D eigenvalue weighted by Gasteiger charge is -2.40. The number of carbonyl (C=O) groups is 2. The van der Waals surface area contributed by atoms with Gasteiger partial charge in [-0.3, -0.25) is 14.2 Å². The van der Waals surface area contributed by atoms with Gasteiger partial charge in [-0.2, -0.15) is 0 Å². The second-order valence-electron chi connectivity index (χ2n) is 10.9. The van der Waals surface area contributed by atoms with Gasteiger partial charge in [0.05, 0.1) is 17.3 Å². The van der Waals surface area contributed by atoms with Gasteiger partial charge in [-0.15, -0.1) is 0 Å². The van der Waals surface area contributed by atoms with Crippen molar-refractivity contribution in [2.75, 3.05) is 18.4 Å². The van der Waals surface area contributed by atoms with E-state index in [1.807, 2.05) is 52.0 Å². The summed E-state index contributed by atoms with van der Waals surface area (Å²) in [4.78, 5) is 41.6. The fraction of sp³-hybridized carbons (Fsp3) is 0.300. The predicted molar refractivity (Wildman–Crippen MR) is 152 cm³/mol. The molecule has 0 radical (unpaired) electrons. The fourth-order valence-electron chi connectivity index (χ4n) is 4.51. The fourth-order valence-corrected chi connectivity index (χ4v) is 5.80. The van der Waals surface area contributed by atoms with E-state index in [1.54, 1.807) is 22.5 Å². The van der Waals surface area contributed by atoms with Crippen LogP contribution < -0.4 is 10.9 Å². The van der Waals surface area contributed by atoms with Crippen LogP contribution in [0.5, 0.6) is 0 Å². The van der Waals surface area contributed by atoms with Crippen molar-refractivity contribution in [2.24, 2.45) is 0 Å². The third-order valence-electron chi connectivity index (χ3n) is 6.55. The Labute approximate surface area is 229 Å². The normalized spacial score (nSPS) is 13.8. The number of halogens is 1. The van der Waals surface area contributed by atoms with E-state index in [4.69, 9.17) is 4.74 Å². The number of hydrogen-bond donors (Lipinski definition) is 1. The summed E-state index contributed by atoms with van der Waals surface area (Å²) >= 11 is 1.31. The number of fused-ring (bicyclic) bond motifs is 1. The maximum atomic E-state index is 14.0. The zero-order valence-electron chi connectivity index (χ0n) is 22.5. The molecule has 0 atom stereocenters. The van der Waals surface area contributed by atoms with Crippen LogP contribution in [0, 0.1) is 19.7 Å². The topological polar surface area (TPSA) is 80.6 Å². The molecule has 1 amide bonds. The van der Waals surface area contributed by atoms with Crippen molar-refractivity contribution >= 4 is 38.4 Å². The van der Waals surface area contributed by atoms with Crippen LogP contribution in [0.1, 0.15) is 47.8 Å². The lowest BCUT2D eigenvalue weighted by atomic mass is 10.00. The van der Waals surface area contributed by atoms with Gasteiger partial charge in [0.25, 0.3) is 5.56 Å². The van der Waals surface area contributed by atoms with E-state index in [1.165, 1.54) is 35.6 Å².